The number of benzene rings is 2. The lowest BCUT2D eigenvalue weighted by molar-refractivity contribution is 0.102. The Kier molecular flexibility index (Phi) is 5.51. The molecule has 0 radical (unpaired) electrons. The maximum absolute atomic E-state index is 13.2. The Hall–Kier alpha value is -2.90. The number of rotatable bonds is 5. The van der Waals surface area contributed by atoms with Crippen LogP contribution in [0.3, 0.4) is 0 Å². The quantitative estimate of drug-likeness (QED) is 0.390. The molecule has 7 heteroatoms. The second-order valence-corrected chi connectivity index (χ2v) is 8.66. The molecule has 0 saturated carbocycles. The van der Waals surface area contributed by atoms with Crippen molar-refractivity contribution >= 4 is 49.8 Å². The molecule has 29 heavy (non-hydrogen) atoms. The van der Waals surface area contributed by atoms with Crippen molar-refractivity contribution in [1.82, 2.24) is 4.98 Å². The summed E-state index contributed by atoms with van der Waals surface area (Å²) in [6.45, 7) is 0. The molecule has 1 N–H and O–H groups in total. The number of pyridine rings is 1. The third-order valence-corrected chi connectivity index (χ3v) is 6.09. The standard InChI is InChI=1S/C22H17BrN2O3S/c1-27-13-7-8-19(28-2)17(11-13)25-22(26)15-12-18(20-9-10-21(23)29-20)24-16-6-4-3-5-14(15)16/h3-12H,1-2H3,(H,25,26). The molecule has 2 aromatic heterocycles. The molecule has 4 rings (SSSR count). The van der Waals surface area contributed by atoms with Gasteiger partial charge in [0, 0.05) is 11.5 Å². The maximum atomic E-state index is 13.2. The van der Waals surface area contributed by atoms with Crippen molar-refractivity contribution < 1.29 is 14.3 Å². The number of halogens is 1. The summed E-state index contributed by atoms with van der Waals surface area (Å²) < 4.78 is 11.7. The molecule has 0 spiro atoms. The fraction of sp³-hybridized carbons (Fsp3) is 0.0909. The number of nitrogens with zero attached hydrogens (tertiary/aromatic N) is 1. The molecule has 5 nitrogen and oxygen atoms in total. The van der Waals surface area contributed by atoms with E-state index in [9.17, 15) is 4.79 Å². The first-order valence-corrected chi connectivity index (χ1v) is 10.4. The van der Waals surface area contributed by atoms with Gasteiger partial charge in [-0.2, -0.15) is 0 Å². The van der Waals surface area contributed by atoms with E-state index in [1.54, 1.807) is 43.8 Å². The zero-order chi connectivity index (χ0) is 20.4. The van der Waals surface area contributed by atoms with E-state index in [1.165, 1.54) is 0 Å². The molecular weight excluding hydrogens is 452 g/mol. The van der Waals surface area contributed by atoms with Crippen LogP contribution in [0.4, 0.5) is 5.69 Å². The van der Waals surface area contributed by atoms with Crippen LogP contribution in [-0.2, 0) is 0 Å². The van der Waals surface area contributed by atoms with E-state index in [0.29, 0.717) is 22.7 Å². The van der Waals surface area contributed by atoms with E-state index in [-0.39, 0.29) is 5.91 Å². The van der Waals surface area contributed by atoms with Gasteiger partial charge in [-0.05, 0) is 52.3 Å². The van der Waals surface area contributed by atoms with Crippen LogP contribution in [0.1, 0.15) is 10.4 Å². The third-order valence-electron chi connectivity index (χ3n) is 4.44. The molecule has 2 heterocycles. The summed E-state index contributed by atoms with van der Waals surface area (Å²) >= 11 is 5.06. The maximum Gasteiger partial charge on any atom is 0.256 e. The number of carbonyl (C=O) groups is 1. The van der Waals surface area contributed by atoms with Gasteiger partial charge in [0.25, 0.3) is 5.91 Å². The first kappa shape index (κ1) is 19.4. The highest BCUT2D eigenvalue weighted by Gasteiger charge is 2.17. The number of ether oxygens (including phenoxy) is 2. The fourth-order valence-electron chi connectivity index (χ4n) is 3.04. The molecule has 0 aliphatic heterocycles. The number of thiophene rings is 1. The van der Waals surface area contributed by atoms with Gasteiger partial charge in [0.15, 0.2) is 0 Å². The number of hydrogen-bond donors (Lipinski definition) is 1. The molecule has 0 aliphatic rings. The van der Waals surface area contributed by atoms with Crippen molar-refractivity contribution in [2.24, 2.45) is 0 Å². The monoisotopic (exact) mass is 468 g/mol. The van der Waals surface area contributed by atoms with Crippen molar-refractivity contribution in [3.05, 3.63) is 70.0 Å². The largest absolute Gasteiger partial charge is 0.497 e. The second kappa shape index (κ2) is 8.23. The molecule has 0 aliphatic carbocycles. The number of hydrogen-bond acceptors (Lipinski definition) is 5. The van der Waals surface area contributed by atoms with Crippen molar-refractivity contribution in [1.29, 1.82) is 0 Å². The zero-order valence-corrected chi connectivity index (χ0v) is 18.1. The predicted octanol–water partition coefficient (Wildman–Crippen LogP) is 6.00. The van der Waals surface area contributed by atoms with E-state index in [0.717, 1.165) is 25.3 Å². The number of fused-ring (bicyclic) bond motifs is 1. The van der Waals surface area contributed by atoms with Gasteiger partial charge < -0.3 is 14.8 Å². The van der Waals surface area contributed by atoms with Gasteiger partial charge in [0.1, 0.15) is 11.5 Å². The van der Waals surface area contributed by atoms with Crippen LogP contribution in [0.15, 0.2) is 64.5 Å². The third kappa shape index (κ3) is 3.97. The summed E-state index contributed by atoms with van der Waals surface area (Å²) in [6, 6.07) is 18.7. The van der Waals surface area contributed by atoms with Gasteiger partial charge in [0.05, 0.1) is 45.3 Å². The van der Waals surface area contributed by atoms with Crippen LogP contribution < -0.4 is 14.8 Å². The number of para-hydroxylation sites is 1. The molecule has 146 valence electrons. The second-order valence-electron chi connectivity index (χ2n) is 6.20. The minimum absolute atomic E-state index is 0.243. The Morgan fingerprint density at radius 3 is 2.59 bits per heavy atom. The summed E-state index contributed by atoms with van der Waals surface area (Å²) in [5, 5.41) is 3.73. The molecule has 0 unspecified atom stereocenters. The van der Waals surface area contributed by atoms with Crippen molar-refractivity contribution in [3.63, 3.8) is 0 Å². The van der Waals surface area contributed by atoms with E-state index < -0.39 is 0 Å². The molecule has 2 aromatic carbocycles. The lowest BCUT2D eigenvalue weighted by atomic mass is 10.1. The molecule has 4 aromatic rings. The normalized spacial score (nSPS) is 10.7. The molecule has 0 bridgehead atoms. The van der Waals surface area contributed by atoms with Gasteiger partial charge >= 0.3 is 0 Å². The Labute approximate surface area is 180 Å². The SMILES string of the molecule is COc1ccc(OC)c(NC(=O)c2cc(-c3ccc(Br)s3)nc3ccccc23)c1. The van der Waals surface area contributed by atoms with Crippen LogP contribution in [0.5, 0.6) is 11.5 Å². The number of aromatic nitrogens is 1. The highest BCUT2D eigenvalue weighted by Crippen LogP contribution is 2.34. The summed E-state index contributed by atoms with van der Waals surface area (Å²) in [7, 11) is 3.14. The summed E-state index contributed by atoms with van der Waals surface area (Å²) in [4.78, 5) is 19.0. The van der Waals surface area contributed by atoms with Gasteiger partial charge in [-0.25, -0.2) is 4.98 Å². The number of anilines is 1. The van der Waals surface area contributed by atoms with Gasteiger partial charge in [0.2, 0.25) is 0 Å². The summed E-state index contributed by atoms with van der Waals surface area (Å²) in [5.41, 5.74) is 2.59. The van der Waals surface area contributed by atoms with Gasteiger partial charge in [-0.15, -0.1) is 11.3 Å². The van der Waals surface area contributed by atoms with Crippen LogP contribution in [0.2, 0.25) is 0 Å². The number of amides is 1. The van der Waals surface area contributed by atoms with Crippen molar-refractivity contribution in [2.45, 2.75) is 0 Å². The Bertz CT molecular complexity index is 1210. The lowest BCUT2D eigenvalue weighted by Crippen LogP contribution is -2.14. The van der Waals surface area contributed by atoms with Gasteiger partial charge in [-0.1, -0.05) is 18.2 Å². The number of methoxy groups -OCH3 is 2. The Morgan fingerprint density at radius 2 is 1.86 bits per heavy atom. The highest BCUT2D eigenvalue weighted by molar-refractivity contribution is 9.11. The fourth-order valence-corrected chi connectivity index (χ4v) is 4.39. The molecule has 0 atom stereocenters. The van der Waals surface area contributed by atoms with E-state index >= 15 is 0 Å². The summed E-state index contributed by atoms with van der Waals surface area (Å²) in [5.74, 6) is 0.941. The zero-order valence-electron chi connectivity index (χ0n) is 15.7. The molecule has 1 amide bonds. The molecule has 0 fully saturated rings. The summed E-state index contributed by atoms with van der Waals surface area (Å²) in [6.07, 6.45) is 0. The first-order valence-electron chi connectivity index (χ1n) is 8.78. The van der Waals surface area contributed by atoms with Crippen LogP contribution in [0.25, 0.3) is 21.5 Å². The van der Waals surface area contributed by atoms with E-state index in [2.05, 4.69) is 21.2 Å². The Balaban J connectivity index is 1.79. The first-order chi connectivity index (χ1) is 14.1. The molecular formula is C22H17BrN2O3S. The topological polar surface area (TPSA) is 60.5 Å². The van der Waals surface area contributed by atoms with Crippen LogP contribution >= 0.6 is 27.3 Å². The number of carbonyl (C=O) groups excluding carboxylic acids is 1. The number of nitrogens with one attached hydrogen (secondary N) is 1. The predicted molar refractivity (Wildman–Crippen MR) is 120 cm³/mol. The van der Waals surface area contributed by atoms with Crippen molar-refractivity contribution in [3.8, 4) is 22.1 Å². The van der Waals surface area contributed by atoms with Crippen LogP contribution in [-0.4, -0.2) is 25.1 Å². The minimum Gasteiger partial charge on any atom is -0.497 e. The minimum atomic E-state index is -0.243. The average molecular weight is 469 g/mol. The Morgan fingerprint density at radius 1 is 1.03 bits per heavy atom. The average Bonchev–Trinajstić information content (AvgIpc) is 3.19. The van der Waals surface area contributed by atoms with E-state index in [1.807, 2.05) is 42.5 Å². The van der Waals surface area contributed by atoms with Gasteiger partial charge in [-0.3, -0.25) is 4.79 Å². The lowest BCUT2D eigenvalue weighted by Gasteiger charge is -2.13. The van der Waals surface area contributed by atoms with Crippen LogP contribution in [0, 0.1) is 0 Å². The highest BCUT2D eigenvalue weighted by atomic mass is 79.9. The smallest absolute Gasteiger partial charge is 0.256 e. The van der Waals surface area contributed by atoms with Crippen molar-refractivity contribution in [2.75, 3.05) is 19.5 Å². The molecule has 0 saturated heterocycles. The van der Waals surface area contributed by atoms with E-state index in [4.69, 9.17) is 14.5 Å².